The number of rotatable bonds is 11. The predicted molar refractivity (Wildman–Crippen MR) is 136 cm³/mol. The Bertz CT molecular complexity index is 1060. The van der Waals surface area contributed by atoms with Crippen LogP contribution in [0.15, 0.2) is 84.9 Å². The lowest BCUT2D eigenvalue weighted by molar-refractivity contribution is -0.143. The molecule has 3 rings (SSSR count). The van der Waals surface area contributed by atoms with E-state index in [0.717, 1.165) is 17.5 Å². The van der Waals surface area contributed by atoms with Crippen LogP contribution in [0, 0.1) is 0 Å². The minimum atomic E-state index is -0.688. The molecule has 34 heavy (non-hydrogen) atoms. The maximum absolute atomic E-state index is 13.5. The molecule has 2 atom stereocenters. The quantitative estimate of drug-likeness (QED) is 0.408. The van der Waals surface area contributed by atoms with Crippen LogP contribution in [0.3, 0.4) is 0 Å². The van der Waals surface area contributed by atoms with Crippen molar-refractivity contribution in [1.82, 2.24) is 10.2 Å². The third-order valence-electron chi connectivity index (χ3n) is 5.63. The molecule has 6 heteroatoms. The standard InChI is InChI=1S/C28H31ClN2O3/c1-3-21(2)30-28(33)26(17-22-11-6-4-7-12-22)31(19-23-13-8-5-9-14-23)27(32)20-34-25-16-10-15-24(29)18-25/h4-16,18,21,26H,3,17,19-20H2,1-2H3,(H,30,33)/t21-,26-/m0/s1. The molecule has 1 N–H and O–H groups in total. The SMILES string of the molecule is CC[C@H](C)NC(=O)[C@H](Cc1ccccc1)N(Cc1ccccc1)C(=O)COc1cccc(Cl)c1. The lowest BCUT2D eigenvalue weighted by Gasteiger charge is -2.32. The normalized spacial score (nSPS) is 12.4. The molecule has 0 unspecified atom stereocenters. The van der Waals surface area contributed by atoms with Gasteiger partial charge in [0.2, 0.25) is 5.91 Å². The average molecular weight is 479 g/mol. The van der Waals surface area contributed by atoms with Crippen molar-refractivity contribution >= 4 is 23.4 Å². The van der Waals surface area contributed by atoms with Crippen molar-refractivity contribution in [2.24, 2.45) is 0 Å². The first kappa shape index (κ1) is 25.3. The Labute approximate surface area is 206 Å². The van der Waals surface area contributed by atoms with Crippen molar-refractivity contribution in [3.63, 3.8) is 0 Å². The van der Waals surface area contributed by atoms with Crippen LogP contribution in [0.25, 0.3) is 0 Å². The molecule has 0 saturated carbocycles. The second-order valence-corrected chi connectivity index (χ2v) is 8.71. The fourth-order valence-corrected chi connectivity index (χ4v) is 3.74. The summed E-state index contributed by atoms with van der Waals surface area (Å²) in [7, 11) is 0. The summed E-state index contributed by atoms with van der Waals surface area (Å²) < 4.78 is 5.74. The highest BCUT2D eigenvalue weighted by atomic mass is 35.5. The summed E-state index contributed by atoms with van der Waals surface area (Å²) in [5, 5.41) is 3.59. The zero-order valence-electron chi connectivity index (χ0n) is 19.6. The number of nitrogens with zero attached hydrogens (tertiary/aromatic N) is 1. The van der Waals surface area contributed by atoms with E-state index >= 15 is 0 Å². The van der Waals surface area contributed by atoms with E-state index < -0.39 is 6.04 Å². The Morgan fingerprint density at radius 2 is 1.59 bits per heavy atom. The van der Waals surface area contributed by atoms with Crippen LogP contribution in [0.2, 0.25) is 5.02 Å². The average Bonchev–Trinajstić information content (AvgIpc) is 2.85. The molecular weight excluding hydrogens is 448 g/mol. The van der Waals surface area contributed by atoms with Crippen molar-refractivity contribution in [2.75, 3.05) is 6.61 Å². The van der Waals surface area contributed by atoms with Crippen molar-refractivity contribution in [2.45, 2.75) is 45.3 Å². The van der Waals surface area contributed by atoms with Crippen LogP contribution in [-0.2, 0) is 22.6 Å². The molecular formula is C28H31ClN2O3. The monoisotopic (exact) mass is 478 g/mol. The molecule has 2 amide bonds. The minimum absolute atomic E-state index is 0.00200. The van der Waals surface area contributed by atoms with Crippen molar-refractivity contribution < 1.29 is 14.3 Å². The van der Waals surface area contributed by atoms with Crippen molar-refractivity contribution in [3.05, 3.63) is 101 Å². The third kappa shape index (κ3) is 7.63. The van der Waals surface area contributed by atoms with Gasteiger partial charge in [-0.1, -0.05) is 85.3 Å². The zero-order valence-corrected chi connectivity index (χ0v) is 20.4. The number of hydrogen-bond acceptors (Lipinski definition) is 3. The van der Waals surface area contributed by atoms with Gasteiger partial charge in [-0.05, 0) is 42.7 Å². The summed E-state index contributed by atoms with van der Waals surface area (Å²) in [5.41, 5.74) is 1.92. The van der Waals surface area contributed by atoms with E-state index in [1.165, 1.54) is 0 Å². The number of benzene rings is 3. The molecule has 0 radical (unpaired) electrons. The van der Waals surface area contributed by atoms with Crippen LogP contribution in [0.5, 0.6) is 5.75 Å². The largest absolute Gasteiger partial charge is 0.484 e. The fourth-order valence-electron chi connectivity index (χ4n) is 3.56. The van der Waals surface area contributed by atoms with Crippen LogP contribution in [0.1, 0.15) is 31.4 Å². The van der Waals surface area contributed by atoms with E-state index in [4.69, 9.17) is 16.3 Å². The van der Waals surface area contributed by atoms with E-state index in [-0.39, 0.29) is 24.5 Å². The van der Waals surface area contributed by atoms with Gasteiger partial charge in [0.05, 0.1) is 0 Å². The molecule has 0 aliphatic heterocycles. The number of carbonyl (C=O) groups is 2. The van der Waals surface area contributed by atoms with Crippen LogP contribution in [0.4, 0.5) is 0 Å². The second-order valence-electron chi connectivity index (χ2n) is 8.28. The first-order valence-electron chi connectivity index (χ1n) is 11.5. The third-order valence-corrected chi connectivity index (χ3v) is 5.86. The Morgan fingerprint density at radius 1 is 0.941 bits per heavy atom. The highest BCUT2D eigenvalue weighted by molar-refractivity contribution is 6.30. The van der Waals surface area contributed by atoms with E-state index in [9.17, 15) is 9.59 Å². The number of amides is 2. The second kappa shape index (κ2) is 12.8. The lowest BCUT2D eigenvalue weighted by atomic mass is 10.0. The lowest BCUT2D eigenvalue weighted by Crippen LogP contribution is -2.53. The topological polar surface area (TPSA) is 58.6 Å². The number of nitrogens with one attached hydrogen (secondary N) is 1. The summed E-state index contributed by atoms with van der Waals surface area (Å²) in [4.78, 5) is 28.5. The Balaban J connectivity index is 1.89. The van der Waals surface area contributed by atoms with Gasteiger partial charge in [-0.15, -0.1) is 0 Å². The van der Waals surface area contributed by atoms with Crippen LogP contribution >= 0.6 is 11.6 Å². The molecule has 3 aromatic rings. The van der Waals surface area contributed by atoms with Gasteiger partial charge in [0, 0.05) is 24.0 Å². The highest BCUT2D eigenvalue weighted by Gasteiger charge is 2.31. The zero-order chi connectivity index (χ0) is 24.3. The summed E-state index contributed by atoms with van der Waals surface area (Å²) >= 11 is 6.05. The summed E-state index contributed by atoms with van der Waals surface area (Å²) in [6.07, 6.45) is 1.20. The number of hydrogen-bond donors (Lipinski definition) is 1. The van der Waals surface area contributed by atoms with Crippen molar-refractivity contribution in [3.8, 4) is 5.75 Å². The predicted octanol–water partition coefficient (Wildman–Crippen LogP) is 5.27. The molecule has 0 fully saturated rings. The molecule has 0 aromatic heterocycles. The minimum Gasteiger partial charge on any atom is -0.484 e. The number of ether oxygens (including phenoxy) is 1. The molecule has 0 aliphatic rings. The van der Waals surface area contributed by atoms with E-state index in [1.54, 1.807) is 29.2 Å². The molecule has 0 spiro atoms. The molecule has 0 aliphatic carbocycles. The first-order chi connectivity index (χ1) is 16.5. The Hall–Kier alpha value is -3.31. The Kier molecular flexibility index (Phi) is 9.53. The van der Waals surface area contributed by atoms with Gasteiger partial charge >= 0.3 is 0 Å². The van der Waals surface area contributed by atoms with E-state index in [0.29, 0.717) is 23.7 Å². The van der Waals surface area contributed by atoms with E-state index in [2.05, 4.69) is 5.32 Å². The fraction of sp³-hybridized carbons (Fsp3) is 0.286. The van der Waals surface area contributed by atoms with Gasteiger partial charge < -0.3 is 15.0 Å². The van der Waals surface area contributed by atoms with Gasteiger partial charge in [0.1, 0.15) is 11.8 Å². The summed E-state index contributed by atoms with van der Waals surface area (Å²) in [6, 6.07) is 25.6. The molecule has 5 nitrogen and oxygen atoms in total. The summed E-state index contributed by atoms with van der Waals surface area (Å²) in [6.45, 7) is 4.07. The number of halogens is 1. The Morgan fingerprint density at radius 3 is 2.21 bits per heavy atom. The van der Waals surface area contributed by atoms with Crippen LogP contribution in [-0.4, -0.2) is 35.4 Å². The van der Waals surface area contributed by atoms with Gasteiger partial charge in [0.15, 0.2) is 6.61 Å². The van der Waals surface area contributed by atoms with Gasteiger partial charge in [-0.2, -0.15) is 0 Å². The van der Waals surface area contributed by atoms with E-state index in [1.807, 2.05) is 74.5 Å². The van der Waals surface area contributed by atoms with Crippen molar-refractivity contribution in [1.29, 1.82) is 0 Å². The van der Waals surface area contributed by atoms with Gasteiger partial charge in [-0.3, -0.25) is 9.59 Å². The number of carbonyl (C=O) groups excluding carboxylic acids is 2. The smallest absolute Gasteiger partial charge is 0.261 e. The molecule has 0 saturated heterocycles. The van der Waals surface area contributed by atoms with Crippen LogP contribution < -0.4 is 10.1 Å². The molecule has 3 aromatic carbocycles. The van der Waals surface area contributed by atoms with Gasteiger partial charge in [0.25, 0.3) is 5.91 Å². The maximum Gasteiger partial charge on any atom is 0.261 e. The first-order valence-corrected chi connectivity index (χ1v) is 11.9. The molecule has 0 heterocycles. The molecule has 178 valence electrons. The van der Waals surface area contributed by atoms with Gasteiger partial charge in [-0.25, -0.2) is 0 Å². The maximum atomic E-state index is 13.5. The molecule has 0 bridgehead atoms. The highest BCUT2D eigenvalue weighted by Crippen LogP contribution is 2.19. The summed E-state index contributed by atoms with van der Waals surface area (Å²) in [5.74, 6) is 0.0541.